The minimum atomic E-state index is -2.99. The zero-order valence-corrected chi connectivity index (χ0v) is 11.4. The van der Waals surface area contributed by atoms with Crippen LogP contribution in [0.25, 0.3) is 5.65 Å². The van der Waals surface area contributed by atoms with Crippen molar-refractivity contribution < 1.29 is 8.42 Å². The van der Waals surface area contributed by atoms with Gasteiger partial charge in [-0.15, -0.1) is 0 Å². The zero-order valence-electron chi connectivity index (χ0n) is 9.01. The first kappa shape index (κ1) is 11.2. The summed E-state index contributed by atoms with van der Waals surface area (Å²) in [6.07, 6.45) is 5.11. The van der Waals surface area contributed by atoms with Gasteiger partial charge in [0, 0.05) is 12.4 Å². The first-order chi connectivity index (χ1) is 8.08. The Morgan fingerprint density at radius 2 is 2.29 bits per heavy atom. The minimum Gasteiger partial charge on any atom is -0.306 e. The molecule has 1 aliphatic rings. The minimum absolute atomic E-state index is 0.284. The molecule has 90 valence electrons. The van der Waals surface area contributed by atoms with E-state index in [1.54, 1.807) is 0 Å². The molecule has 2 aromatic rings. The molecule has 0 bridgehead atoms. The van der Waals surface area contributed by atoms with Gasteiger partial charge < -0.3 is 4.40 Å². The van der Waals surface area contributed by atoms with Gasteiger partial charge in [0.15, 0.2) is 15.5 Å². The smallest absolute Gasteiger partial charge is 0.158 e. The molecule has 0 N–H and O–H groups in total. The van der Waals surface area contributed by atoms with Crippen LogP contribution in [0.5, 0.6) is 0 Å². The Morgan fingerprint density at radius 3 is 2.94 bits per heavy atom. The van der Waals surface area contributed by atoms with Crippen molar-refractivity contribution in [1.29, 1.82) is 0 Å². The molecule has 1 saturated heterocycles. The Kier molecular flexibility index (Phi) is 2.52. The number of rotatable bonds is 1. The van der Waals surface area contributed by atoms with Gasteiger partial charge in [-0.05, 0) is 40.9 Å². The summed E-state index contributed by atoms with van der Waals surface area (Å²) in [6.45, 7) is 0. The standard InChI is InChI=1S/C11H11BrN2O2S/c12-8-3-1-5-14-7-9(13-11(8)14)10-4-2-6-17(10,15)16/h1,3,5,7,10H,2,4,6H2. The van der Waals surface area contributed by atoms with Crippen molar-refractivity contribution in [3.63, 3.8) is 0 Å². The number of fused-ring (bicyclic) bond motifs is 1. The van der Waals surface area contributed by atoms with Crippen LogP contribution in [0.3, 0.4) is 0 Å². The summed E-state index contributed by atoms with van der Waals surface area (Å²) in [5, 5.41) is -0.422. The monoisotopic (exact) mass is 314 g/mol. The van der Waals surface area contributed by atoms with Crippen LogP contribution in [0.1, 0.15) is 23.8 Å². The molecule has 6 heteroatoms. The molecule has 1 unspecified atom stereocenters. The molecule has 2 aromatic heterocycles. The molecule has 0 amide bonds. The van der Waals surface area contributed by atoms with Crippen molar-refractivity contribution in [3.05, 3.63) is 34.7 Å². The number of nitrogens with zero attached hydrogens (tertiary/aromatic N) is 2. The lowest BCUT2D eigenvalue weighted by Gasteiger charge is -2.03. The molecule has 0 aromatic carbocycles. The lowest BCUT2D eigenvalue weighted by atomic mass is 10.2. The van der Waals surface area contributed by atoms with E-state index in [0.29, 0.717) is 12.1 Å². The van der Waals surface area contributed by atoms with E-state index in [4.69, 9.17) is 0 Å². The topological polar surface area (TPSA) is 51.4 Å². The average molecular weight is 315 g/mol. The van der Waals surface area contributed by atoms with E-state index in [1.807, 2.05) is 28.9 Å². The highest BCUT2D eigenvalue weighted by Gasteiger charge is 2.34. The number of pyridine rings is 1. The van der Waals surface area contributed by atoms with Gasteiger partial charge >= 0.3 is 0 Å². The van der Waals surface area contributed by atoms with Gasteiger partial charge in [0.1, 0.15) is 5.25 Å². The maximum Gasteiger partial charge on any atom is 0.158 e. The maximum atomic E-state index is 11.9. The molecule has 1 aliphatic heterocycles. The average Bonchev–Trinajstić information content (AvgIpc) is 2.81. The number of sulfone groups is 1. The van der Waals surface area contributed by atoms with Crippen LogP contribution in [0.4, 0.5) is 0 Å². The van der Waals surface area contributed by atoms with E-state index < -0.39 is 15.1 Å². The quantitative estimate of drug-likeness (QED) is 0.812. The predicted molar refractivity (Wildman–Crippen MR) is 68.7 cm³/mol. The van der Waals surface area contributed by atoms with Gasteiger partial charge in [0.25, 0.3) is 0 Å². The van der Waals surface area contributed by atoms with Crippen LogP contribution in [0, 0.1) is 0 Å². The molecule has 1 fully saturated rings. The Hall–Kier alpha value is -0.880. The summed E-state index contributed by atoms with van der Waals surface area (Å²) in [5.74, 6) is 0.284. The van der Waals surface area contributed by atoms with Crippen molar-refractivity contribution in [1.82, 2.24) is 9.38 Å². The van der Waals surface area contributed by atoms with Gasteiger partial charge in [0.05, 0.1) is 15.9 Å². The fourth-order valence-electron chi connectivity index (χ4n) is 2.28. The first-order valence-electron chi connectivity index (χ1n) is 5.42. The second kappa shape index (κ2) is 3.81. The van der Waals surface area contributed by atoms with Crippen LogP contribution in [0.15, 0.2) is 29.0 Å². The fraction of sp³-hybridized carbons (Fsp3) is 0.364. The number of hydrogen-bond donors (Lipinski definition) is 0. The van der Waals surface area contributed by atoms with Crippen molar-refractivity contribution in [2.24, 2.45) is 0 Å². The third-order valence-electron chi connectivity index (χ3n) is 3.11. The van der Waals surface area contributed by atoms with Crippen LogP contribution in [0.2, 0.25) is 0 Å². The van der Waals surface area contributed by atoms with E-state index in [0.717, 1.165) is 16.5 Å². The highest BCUT2D eigenvalue weighted by atomic mass is 79.9. The maximum absolute atomic E-state index is 11.9. The van der Waals surface area contributed by atoms with Crippen molar-refractivity contribution in [2.45, 2.75) is 18.1 Å². The van der Waals surface area contributed by atoms with Crippen LogP contribution >= 0.6 is 15.9 Å². The number of aromatic nitrogens is 2. The molecule has 4 nitrogen and oxygen atoms in total. The molecule has 0 saturated carbocycles. The van der Waals surface area contributed by atoms with E-state index in [-0.39, 0.29) is 5.75 Å². The third kappa shape index (κ3) is 1.79. The normalized spacial score (nSPS) is 23.2. The van der Waals surface area contributed by atoms with Crippen molar-refractivity contribution >= 4 is 31.4 Å². The van der Waals surface area contributed by atoms with E-state index in [9.17, 15) is 8.42 Å². The Balaban J connectivity index is 2.16. The molecule has 0 aliphatic carbocycles. The van der Waals surface area contributed by atoms with Gasteiger partial charge in [-0.25, -0.2) is 13.4 Å². The van der Waals surface area contributed by atoms with Crippen molar-refractivity contribution in [3.8, 4) is 0 Å². The zero-order chi connectivity index (χ0) is 12.0. The molecule has 0 radical (unpaired) electrons. The second-order valence-corrected chi connectivity index (χ2v) is 7.41. The molecule has 3 heterocycles. The summed E-state index contributed by atoms with van der Waals surface area (Å²) < 4.78 is 26.5. The van der Waals surface area contributed by atoms with E-state index in [2.05, 4.69) is 20.9 Å². The largest absolute Gasteiger partial charge is 0.306 e. The molecule has 1 atom stereocenters. The summed E-state index contributed by atoms with van der Waals surface area (Å²) in [5.41, 5.74) is 1.43. The molecule has 3 rings (SSSR count). The summed E-state index contributed by atoms with van der Waals surface area (Å²) in [6, 6.07) is 3.79. The Bertz CT molecular complexity index is 678. The van der Waals surface area contributed by atoms with E-state index >= 15 is 0 Å². The first-order valence-corrected chi connectivity index (χ1v) is 7.93. The Morgan fingerprint density at radius 1 is 1.47 bits per heavy atom. The number of imidazole rings is 1. The van der Waals surface area contributed by atoms with Crippen molar-refractivity contribution in [2.75, 3.05) is 5.75 Å². The highest BCUT2D eigenvalue weighted by Crippen LogP contribution is 2.34. The van der Waals surface area contributed by atoms with Crippen LogP contribution in [-0.4, -0.2) is 23.6 Å². The third-order valence-corrected chi connectivity index (χ3v) is 5.93. The van der Waals surface area contributed by atoms with Crippen LogP contribution < -0.4 is 0 Å². The second-order valence-electron chi connectivity index (χ2n) is 4.25. The van der Waals surface area contributed by atoms with Crippen LogP contribution in [-0.2, 0) is 9.84 Å². The lowest BCUT2D eigenvalue weighted by molar-refractivity contribution is 0.591. The van der Waals surface area contributed by atoms with Gasteiger partial charge in [-0.3, -0.25) is 0 Å². The van der Waals surface area contributed by atoms with E-state index in [1.165, 1.54) is 0 Å². The molecule has 17 heavy (non-hydrogen) atoms. The number of halogens is 1. The SMILES string of the molecule is O=S1(=O)CCCC1c1cn2cccc(Br)c2n1. The molecular weight excluding hydrogens is 304 g/mol. The predicted octanol–water partition coefficient (Wildman–Crippen LogP) is 2.35. The van der Waals surface area contributed by atoms with Gasteiger partial charge in [0.2, 0.25) is 0 Å². The van der Waals surface area contributed by atoms with Gasteiger partial charge in [-0.1, -0.05) is 0 Å². The summed E-state index contributed by atoms with van der Waals surface area (Å²) in [7, 11) is -2.99. The highest BCUT2D eigenvalue weighted by molar-refractivity contribution is 9.10. The summed E-state index contributed by atoms with van der Waals surface area (Å²) in [4.78, 5) is 4.43. The molecular formula is C11H11BrN2O2S. The molecule has 0 spiro atoms. The number of hydrogen-bond acceptors (Lipinski definition) is 3. The van der Waals surface area contributed by atoms with Gasteiger partial charge in [-0.2, -0.15) is 0 Å². The lowest BCUT2D eigenvalue weighted by Crippen LogP contribution is -2.08. The Labute approximate surface area is 108 Å². The summed E-state index contributed by atoms with van der Waals surface area (Å²) >= 11 is 3.41. The fourth-order valence-corrected chi connectivity index (χ4v) is 4.58.